The van der Waals surface area contributed by atoms with Gasteiger partial charge in [-0.1, -0.05) is 6.07 Å². The Labute approximate surface area is 110 Å². The van der Waals surface area contributed by atoms with Gasteiger partial charge < -0.3 is 13.7 Å². The summed E-state index contributed by atoms with van der Waals surface area (Å²) in [5.41, 5.74) is 4.15. The molecule has 2 heterocycles. The van der Waals surface area contributed by atoms with Gasteiger partial charge in [0.05, 0.1) is 12.1 Å². The van der Waals surface area contributed by atoms with E-state index in [1.165, 1.54) is 0 Å². The highest BCUT2D eigenvalue weighted by molar-refractivity contribution is 6.06. The number of hydrogen-bond donors (Lipinski definition) is 0. The van der Waals surface area contributed by atoms with Crippen LogP contribution in [0.2, 0.25) is 0 Å². The Hall–Kier alpha value is -2.23. The van der Waals surface area contributed by atoms with Gasteiger partial charge in [0.15, 0.2) is 5.58 Å². The summed E-state index contributed by atoms with van der Waals surface area (Å²) in [5, 5.41) is 1.01. The van der Waals surface area contributed by atoms with E-state index in [9.17, 15) is 4.79 Å². The molecule has 0 spiro atoms. The van der Waals surface area contributed by atoms with Crippen molar-refractivity contribution < 1.29 is 13.9 Å². The van der Waals surface area contributed by atoms with Gasteiger partial charge in [0, 0.05) is 18.5 Å². The van der Waals surface area contributed by atoms with Crippen LogP contribution < -0.4 is 0 Å². The number of hydrogen-bond acceptors (Lipinski definition) is 3. The number of furan rings is 1. The van der Waals surface area contributed by atoms with E-state index in [-0.39, 0.29) is 5.97 Å². The zero-order valence-corrected chi connectivity index (χ0v) is 11.2. The highest BCUT2D eigenvalue weighted by Gasteiger charge is 2.19. The van der Waals surface area contributed by atoms with E-state index in [0.29, 0.717) is 17.9 Å². The molecule has 0 fully saturated rings. The van der Waals surface area contributed by atoms with Crippen molar-refractivity contribution >= 4 is 28.0 Å². The maximum atomic E-state index is 11.8. The van der Waals surface area contributed by atoms with Crippen molar-refractivity contribution in [3.05, 3.63) is 35.5 Å². The van der Waals surface area contributed by atoms with Crippen LogP contribution in [0.1, 0.15) is 23.0 Å². The largest absolute Gasteiger partial charge is 0.461 e. The van der Waals surface area contributed by atoms with Gasteiger partial charge in [-0.2, -0.15) is 0 Å². The van der Waals surface area contributed by atoms with Crippen LogP contribution >= 0.6 is 0 Å². The first-order valence-corrected chi connectivity index (χ1v) is 6.27. The Bertz CT molecular complexity index is 779. The van der Waals surface area contributed by atoms with E-state index in [1.807, 2.05) is 36.7 Å². The number of esters is 1. The number of carbonyl (C=O) groups is 1. The van der Waals surface area contributed by atoms with Crippen molar-refractivity contribution in [2.24, 2.45) is 7.05 Å². The smallest absolute Gasteiger partial charge is 0.355 e. The summed E-state index contributed by atoms with van der Waals surface area (Å²) in [7, 11) is 1.85. The molecule has 0 saturated carbocycles. The van der Waals surface area contributed by atoms with Crippen LogP contribution in [0.15, 0.2) is 28.7 Å². The fourth-order valence-electron chi connectivity index (χ4n) is 2.40. The second kappa shape index (κ2) is 4.16. The van der Waals surface area contributed by atoms with E-state index >= 15 is 0 Å². The van der Waals surface area contributed by atoms with Crippen molar-refractivity contribution in [1.82, 2.24) is 4.57 Å². The van der Waals surface area contributed by atoms with Crippen LogP contribution in [-0.2, 0) is 11.8 Å². The van der Waals surface area contributed by atoms with Crippen LogP contribution in [0.3, 0.4) is 0 Å². The number of aromatic nitrogens is 1. The average molecular weight is 257 g/mol. The van der Waals surface area contributed by atoms with Crippen LogP contribution in [0.5, 0.6) is 0 Å². The Morgan fingerprint density at radius 1 is 1.32 bits per heavy atom. The maximum absolute atomic E-state index is 11.8. The summed E-state index contributed by atoms with van der Waals surface area (Å²) >= 11 is 0. The van der Waals surface area contributed by atoms with Gasteiger partial charge in [0.1, 0.15) is 11.3 Å². The third-order valence-electron chi connectivity index (χ3n) is 3.29. The SMILES string of the molecule is CCOC(=O)c1cc2oc3cc(C)ccc3c2n1C. The lowest BCUT2D eigenvalue weighted by atomic mass is 10.2. The molecule has 0 saturated heterocycles. The summed E-state index contributed by atoms with van der Waals surface area (Å²) in [4.78, 5) is 11.8. The number of rotatable bonds is 2. The molecule has 3 aromatic rings. The Morgan fingerprint density at radius 3 is 2.84 bits per heavy atom. The van der Waals surface area contributed by atoms with Gasteiger partial charge in [0.25, 0.3) is 0 Å². The molecule has 0 N–H and O–H groups in total. The third-order valence-corrected chi connectivity index (χ3v) is 3.29. The summed E-state index contributed by atoms with van der Waals surface area (Å²) in [5.74, 6) is -0.323. The van der Waals surface area contributed by atoms with Crippen molar-refractivity contribution in [1.29, 1.82) is 0 Å². The van der Waals surface area contributed by atoms with E-state index in [0.717, 1.165) is 22.0 Å². The summed E-state index contributed by atoms with van der Waals surface area (Å²) in [6.45, 7) is 4.19. The molecule has 0 radical (unpaired) electrons. The molecular formula is C15H15NO3. The van der Waals surface area contributed by atoms with E-state index in [1.54, 1.807) is 13.0 Å². The first-order valence-electron chi connectivity index (χ1n) is 6.27. The molecule has 4 nitrogen and oxygen atoms in total. The molecule has 0 atom stereocenters. The van der Waals surface area contributed by atoms with E-state index < -0.39 is 0 Å². The Balaban J connectivity index is 2.25. The average Bonchev–Trinajstić information content (AvgIpc) is 2.86. The lowest BCUT2D eigenvalue weighted by Crippen LogP contribution is -2.09. The quantitative estimate of drug-likeness (QED) is 0.661. The van der Waals surface area contributed by atoms with E-state index in [2.05, 4.69) is 0 Å². The number of fused-ring (bicyclic) bond motifs is 3. The highest BCUT2D eigenvalue weighted by atomic mass is 16.5. The van der Waals surface area contributed by atoms with Crippen LogP contribution in [0, 0.1) is 6.92 Å². The second-order valence-corrected chi connectivity index (χ2v) is 4.62. The molecule has 3 rings (SSSR count). The van der Waals surface area contributed by atoms with Gasteiger partial charge >= 0.3 is 5.97 Å². The molecule has 0 aliphatic heterocycles. The number of benzene rings is 1. The molecular weight excluding hydrogens is 242 g/mol. The van der Waals surface area contributed by atoms with Crippen LogP contribution in [0.4, 0.5) is 0 Å². The summed E-state index contributed by atoms with van der Waals surface area (Å²) in [6, 6.07) is 7.79. The molecule has 2 aromatic heterocycles. The normalized spacial score (nSPS) is 11.3. The summed E-state index contributed by atoms with van der Waals surface area (Å²) in [6.07, 6.45) is 0. The van der Waals surface area contributed by atoms with Gasteiger partial charge in [-0.25, -0.2) is 4.79 Å². The fourth-order valence-corrected chi connectivity index (χ4v) is 2.40. The number of aryl methyl sites for hydroxylation is 2. The van der Waals surface area contributed by atoms with Gasteiger partial charge in [0.2, 0.25) is 0 Å². The minimum Gasteiger partial charge on any atom is -0.461 e. The van der Waals surface area contributed by atoms with Crippen molar-refractivity contribution in [2.75, 3.05) is 6.61 Å². The zero-order chi connectivity index (χ0) is 13.6. The zero-order valence-electron chi connectivity index (χ0n) is 11.2. The highest BCUT2D eigenvalue weighted by Crippen LogP contribution is 2.31. The van der Waals surface area contributed by atoms with Gasteiger partial charge in [-0.05, 0) is 31.5 Å². The fraction of sp³-hybridized carbons (Fsp3) is 0.267. The third kappa shape index (κ3) is 1.71. The number of ether oxygens (including phenoxy) is 1. The monoisotopic (exact) mass is 257 g/mol. The predicted molar refractivity (Wildman–Crippen MR) is 73.4 cm³/mol. The molecule has 1 aromatic carbocycles. The summed E-state index contributed by atoms with van der Waals surface area (Å²) < 4.78 is 12.7. The Morgan fingerprint density at radius 2 is 2.11 bits per heavy atom. The minimum absolute atomic E-state index is 0.323. The lowest BCUT2D eigenvalue weighted by Gasteiger charge is -2.03. The number of carbonyl (C=O) groups excluding carboxylic acids is 1. The van der Waals surface area contributed by atoms with Crippen molar-refractivity contribution in [2.45, 2.75) is 13.8 Å². The molecule has 98 valence electrons. The molecule has 0 aliphatic rings. The maximum Gasteiger partial charge on any atom is 0.355 e. The topological polar surface area (TPSA) is 44.4 Å². The molecule has 0 bridgehead atoms. The van der Waals surface area contributed by atoms with Crippen molar-refractivity contribution in [3.63, 3.8) is 0 Å². The molecule has 4 heteroatoms. The molecule has 0 unspecified atom stereocenters. The number of nitrogens with zero attached hydrogens (tertiary/aromatic N) is 1. The first-order chi connectivity index (χ1) is 9.11. The van der Waals surface area contributed by atoms with Gasteiger partial charge in [-0.15, -0.1) is 0 Å². The first kappa shape index (κ1) is 11.8. The minimum atomic E-state index is -0.323. The molecule has 0 aliphatic carbocycles. The van der Waals surface area contributed by atoms with Crippen molar-refractivity contribution in [3.8, 4) is 0 Å². The van der Waals surface area contributed by atoms with Gasteiger partial charge in [-0.3, -0.25) is 0 Å². The lowest BCUT2D eigenvalue weighted by molar-refractivity contribution is 0.0516. The Kier molecular flexibility index (Phi) is 2.59. The van der Waals surface area contributed by atoms with E-state index in [4.69, 9.17) is 9.15 Å². The van der Waals surface area contributed by atoms with Crippen LogP contribution in [-0.4, -0.2) is 17.1 Å². The standard InChI is InChI=1S/C15H15NO3/c1-4-18-15(17)11-8-13-14(16(11)3)10-6-5-9(2)7-12(10)19-13/h5-8H,4H2,1-3H3. The second-order valence-electron chi connectivity index (χ2n) is 4.62. The van der Waals surface area contributed by atoms with Crippen LogP contribution in [0.25, 0.3) is 22.1 Å². The molecule has 0 amide bonds. The predicted octanol–water partition coefficient (Wildman–Crippen LogP) is 3.41. The molecule has 19 heavy (non-hydrogen) atoms.